The molecule has 6 nitrogen and oxygen atoms in total. The second kappa shape index (κ2) is 2.26. The zero-order valence-corrected chi connectivity index (χ0v) is 5.80. The molecule has 0 fully saturated rings. The van der Waals surface area contributed by atoms with Gasteiger partial charge < -0.3 is 14.6 Å². The maximum absolute atomic E-state index is 10.4. The molecule has 2 rings (SSSR count). The molecule has 0 aliphatic carbocycles. The first-order valence-corrected chi connectivity index (χ1v) is 3.13. The average molecular weight is 165 g/mol. The van der Waals surface area contributed by atoms with Crippen LogP contribution in [0.5, 0.6) is 0 Å². The van der Waals surface area contributed by atoms with Crippen molar-refractivity contribution < 1.29 is 9.45 Å². The molecule has 0 atom stereocenters. The summed E-state index contributed by atoms with van der Waals surface area (Å²) in [6.07, 6.45) is 2.59. The van der Waals surface area contributed by atoms with E-state index >= 15 is 0 Å². The van der Waals surface area contributed by atoms with Crippen LogP contribution in [0.15, 0.2) is 23.0 Å². The van der Waals surface area contributed by atoms with Crippen LogP contribution in [0, 0.1) is 10.1 Å². The van der Waals surface area contributed by atoms with Gasteiger partial charge >= 0.3 is 5.82 Å². The molecule has 0 radical (unpaired) electrons. The van der Waals surface area contributed by atoms with Crippen LogP contribution in [-0.4, -0.2) is 15.1 Å². The first kappa shape index (κ1) is 6.71. The lowest BCUT2D eigenvalue weighted by atomic mass is 10.3. The number of nitrogens with zero attached hydrogens (tertiary/aromatic N) is 3. The van der Waals surface area contributed by atoms with Crippen molar-refractivity contribution in [2.24, 2.45) is 0 Å². The van der Waals surface area contributed by atoms with Crippen molar-refractivity contribution in [1.82, 2.24) is 10.1 Å². The maximum Gasteiger partial charge on any atom is 0.376 e. The number of hydrogen-bond acceptors (Lipinski definition) is 5. The molecule has 2 heterocycles. The third-order valence-corrected chi connectivity index (χ3v) is 1.43. The van der Waals surface area contributed by atoms with Crippen molar-refractivity contribution in [1.29, 1.82) is 0 Å². The topological polar surface area (TPSA) is 82.1 Å². The van der Waals surface area contributed by atoms with Crippen LogP contribution < -0.4 is 0 Å². The van der Waals surface area contributed by atoms with E-state index in [9.17, 15) is 10.1 Å². The number of nitro groups is 1. The smallest absolute Gasteiger partial charge is 0.358 e. The fraction of sp³-hybridized carbons (Fsp3) is 0. The molecule has 0 aromatic carbocycles. The third-order valence-electron chi connectivity index (χ3n) is 1.43. The molecule has 0 amide bonds. The van der Waals surface area contributed by atoms with Gasteiger partial charge in [-0.25, -0.2) is 0 Å². The fourth-order valence-electron chi connectivity index (χ4n) is 0.927. The Morgan fingerprint density at radius 3 is 3.17 bits per heavy atom. The summed E-state index contributed by atoms with van der Waals surface area (Å²) in [5, 5.41) is 14.1. The minimum Gasteiger partial charge on any atom is -0.358 e. The number of aromatic nitrogens is 2. The van der Waals surface area contributed by atoms with Gasteiger partial charge in [0.2, 0.25) is 0 Å². The van der Waals surface area contributed by atoms with E-state index < -0.39 is 4.92 Å². The molecule has 0 saturated carbocycles. The van der Waals surface area contributed by atoms with E-state index in [-0.39, 0.29) is 5.82 Å². The van der Waals surface area contributed by atoms with Gasteiger partial charge in [0, 0.05) is 6.07 Å². The van der Waals surface area contributed by atoms with Crippen molar-refractivity contribution in [2.75, 3.05) is 0 Å². The molecule has 2 aromatic heterocycles. The van der Waals surface area contributed by atoms with E-state index in [1.807, 2.05) is 0 Å². The Balaban J connectivity index is 2.82. The number of pyridine rings is 1. The monoisotopic (exact) mass is 165 g/mol. The van der Waals surface area contributed by atoms with Gasteiger partial charge in [0.25, 0.3) is 0 Å². The van der Waals surface area contributed by atoms with E-state index in [0.29, 0.717) is 11.0 Å². The van der Waals surface area contributed by atoms with Crippen LogP contribution in [0.2, 0.25) is 0 Å². The highest BCUT2D eigenvalue weighted by atomic mass is 16.6. The van der Waals surface area contributed by atoms with E-state index in [1.54, 1.807) is 0 Å². The number of fused-ring (bicyclic) bond motifs is 1. The van der Waals surface area contributed by atoms with Gasteiger partial charge in [-0.3, -0.25) is 0 Å². The third kappa shape index (κ3) is 0.815. The SMILES string of the molecule is O=[N+]([O-])c1nccc2oncc12. The van der Waals surface area contributed by atoms with Crippen LogP contribution in [0.4, 0.5) is 5.82 Å². The van der Waals surface area contributed by atoms with Crippen LogP contribution in [0.25, 0.3) is 11.0 Å². The molecular formula is C6H3N3O3. The predicted octanol–water partition coefficient (Wildman–Crippen LogP) is 1.13. The summed E-state index contributed by atoms with van der Waals surface area (Å²) in [6, 6.07) is 1.52. The lowest BCUT2D eigenvalue weighted by Gasteiger charge is -1.89. The average Bonchev–Trinajstić information content (AvgIpc) is 2.49. The maximum atomic E-state index is 10.4. The summed E-state index contributed by atoms with van der Waals surface area (Å²) in [7, 11) is 0. The van der Waals surface area contributed by atoms with Gasteiger partial charge in [0.05, 0.1) is 6.20 Å². The lowest BCUT2D eigenvalue weighted by Crippen LogP contribution is -1.90. The molecule has 0 aliphatic rings. The molecule has 0 N–H and O–H groups in total. The Morgan fingerprint density at radius 1 is 1.58 bits per heavy atom. The Kier molecular flexibility index (Phi) is 1.26. The Labute approximate surface area is 66.0 Å². The van der Waals surface area contributed by atoms with Crippen molar-refractivity contribution in [2.45, 2.75) is 0 Å². The van der Waals surface area contributed by atoms with Gasteiger partial charge in [0.1, 0.15) is 11.6 Å². The summed E-state index contributed by atoms with van der Waals surface area (Å²) in [5.41, 5.74) is 0.372. The fourth-order valence-corrected chi connectivity index (χ4v) is 0.927. The van der Waals surface area contributed by atoms with Gasteiger partial charge in [-0.1, -0.05) is 5.16 Å². The van der Waals surface area contributed by atoms with Crippen LogP contribution >= 0.6 is 0 Å². The molecule has 0 saturated heterocycles. The second-order valence-electron chi connectivity index (χ2n) is 2.13. The van der Waals surface area contributed by atoms with E-state index in [0.717, 1.165) is 0 Å². The van der Waals surface area contributed by atoms with Gasteiger partial charge in [0.15, 0.2) is 5.58 Å². The van der Waals surface area contributed by atoms with E-state index in [4.69, 9.17) is 4.52 Å². The highest BCUT2D eigenvalue weighted by Gasteiger charge is 2.14. The van der Waals surface area contributed by atoms with Crippen LogP contribution in [0.1, 0.15) is 0 Å². The second-order valence-corrected chi connectivity index (χ2v) is 2.13. The Bertz CT molecular complexity index is 436. The largest absolute Gasteiger partial charge is 0.376 e. The minimum atomic E-state index is -0.570. The zero-order valence-electron chi connectivity index (χ0n) is 5.80. The van der Waals surface area contributed by atoms with Crippen molar-refractivity contribution in [3.8, 4) is 0 Å². The normalized spacial score (nSPS) is 10.3. The molecule has 0 aliphatic heterocycles. The molecule has 60 valence electrons. The van der Waals surface area contributed by atoms with Crippen molar-refractivity contribution in [3.05, 3.63) is 28.6 Å². The first-order chi connectivity index (χ1) is 5.79. The lowest BCUT2D eigenvalue weighted by molar-refractivity contribution is -0.387. The van der Waals surface area contributed by atoms with Crippen molar-refractivity contribution in [3.63, 3.8) is 0 Å². The van der Waals surface area contributed by atoms with Crippen LogP contribution in [0.3, 0.4) is 0 Å². The highest BCUT2D eigenvalue weighted by molar-refractivity contribution is 5.83. The van der Waals surface area contributed by atoms with Gasteiger partial charge in [-0.2, -0.15) is 0 Å². The molecule has 0 unspecified atom stereocenters. The zero-order chi connectivity index (χ0) is 8.55. The number of rotatable bonds is 1. The standard InChI is InChI=1S/C6H3N3O3/c10-9(11)6-4-3-8-12-5(4)1-2-7-6/h1-3H. The van der Waals surface area contributed by atoms with Gasteiger partial charge in [-0.15, -0.1) is 0 Å². The summed E-state index contributed by atoms with van der Waals surface area (Å²) < 4.78 is 4.71. The molecule has 0 spiro atoms. The Hall–Kier alpha value is -1.98. The van der Waals surface area contributed by atoms with Gasteiger partial charge in [-0.05, 0) is 9.91 Å². The molecule has 2 aromatic rings. The summed E-state index contributed by atoms with van der Waals surface area (Å²) in [5.74, 6) is -0.228. The predicted molar refractivity (Wildman–Crippen MR) is 38.5 cm³/mol. The summed E-state index contributed by atoms with van der Waals surface area (Å²) >= 11 is 0. The summed E-state index contributed by atoms with van der Waals surface area (Å²) in [4.78, 5) is 13.4. The van der Waals surface area contributed by atoms with Crippen LogP contribution in [-0.2, 0) is 0 Å². The molecule has 12 heavy (non-hydrogen) atoms. The summed E-state index contributed by atoms with van der Waals surface area (Å²) in [6.45, 7) is 0. The molecule has 6 heteroatoms. The minimum absolute atomic E-state index is 0.228. The number of hydrogen-bond donors (Lipinski definition) is 0. The van der Waals surface area contributed by atoms with E-state index in [1.165, 1.54) is 18.5 Å². The molecule has 0 bridgehead atoms. The van der Waals surface area contributed by atoms with E-state index in [2.05, 4.69) is 10.1 Å². The Morgan fingerprint density at radius 2 is 2.42 bits per heavy atom. The first-order valence-electron chi connectivity index (χ1n) is 3.13. The van der Waals surface area contributed by atoms with Crippen molar-refractivity contribution >= 4 is 16.8 Å². The molecular weight excluding hydrogens is 162 g/mol. The highest BCUT2D eigenvalue weighted by Crippen LogP contribution is 2.21. The quantitative estimate of drug-likeness (QED) is 0.467.